The fourth-order valence-electron chi connectivity index (χ4n) is 1.68. The molecule has 6 nitrogen and oxygen atoms in total. The zero-order valence-electron chi connectivity index (χ0n) is 10.2. The number of thioether (sulfide) groups is 1. The van der Waals surface area contributed by atoms with Crippen LogP contribution in [0, 0.1) is 5.92 Å². The van der Waals surface area contributed by atoms with Crippen LogP contribution in [0.5, 0.6) is 0 Å². The highest BCUT2D eigenvalue weighted by atomic mass is 32.2. The fourth-order valence-corrected chi connectivity index (χ4v) is 2.77. The predicted octanol–water partition coefficient (Wildman–Crippen LogP) is 1.13. The smallest absolute Gasteiger partial charge is 0.319 e. The molecule has 0 aromatic carbocycles. The molecule has 0 N–H and O–H groups in total. The Labute approximate surface area is 104 Å². The van der Waals surface area contributed by atoms with Crippen molar-refractivity contribution in [1.29, 1.82) is 0 Å². The molecule has 2 atom stereocenters. The zero-order chi connectivity index (χ0) is 12.4. The molecule has 0 aliphatic carbocycles. The lowest BCUT2D eigenvalue weighted by Gasteiger charge is -2.08. The van der Waals surface area contributed by atoms with Gasteiger partial charge >= 0.3 is 5.97 Å². The van der Waals surface area contributed by atoms with Crippen LogP contribution in [0.4, 0.5) is 0 Å². The number of nitrogens with zero attached hydrogens (tertiary/aromatic N) is 4. The van der Waals surface area contributed by atoms with Gasteiger partial charge in [-0.05, 0) is 23.3 Å². The van der Waals surface area contributed by atoms with Crippen molar-refractivity contribution in [2.75, 3.05) is 0 Å². The summed E-state index contributed by atoms with van der Waals surface area (Å²) in [6, 6.07) is 0. The van der Waals surface area contributed by atoms with Crippen LogP contribution in [0.15, 0.2) is 5.16 Å². The van der Waals surface area contributed by atoms with Crippen molar-refractivity contribution >= 4 is 17.7 Å². The number of hydrogen-bond donors (Lipinski definition) is 0. The minimum absolute atomic E-state index is 0.00516. The largest absolute Gasteiger partial charge is 0.462 e. The molecule has 0 bridgehead atoms. The van der Waals surface area contributed by atoms with Crippen LogP contribution in [-0.2, 0) is 16.1 Å². The summed E-state index contributed by atoms with van der Waals surface area (Å²) >= 11 is 1.39. The lowest BCUT2D eigenvalue weighted by Crippen LogP contribution is -2.13. The number of aromatic nitrogens is 4. The predicted molar refractivity (Wildman–Crippen MR) is 62.5 cm³/mol. The van der Waals surface area contributed by atoms with E-state index in [1.165, 1.54) is 11.8 Å². The first-order valence-electron chi connectivity index (χ1n) is 5.69. The number of carbonyl (C=O) groups is 1. The van der Waals surface area contributed by atoms with E-state index in [-0.39, 0.29) is 17.3 Å². The van der Waals surface area contributed by atoms with E-state index >= 15 is 0 Å². The first-order valence-corrected chi connectivity index (χ1v) is 6.57. The zero-order valence-corrected chi connectivity index (χ0v) is 11.0. The number of hydrogen-bond acceptors (Lipinski definition) is 6. The molecule has 1 aliphatic rings. The van der Waals surface area contributed by atoms with Gasteiger partial charge in [-0.2, -0.15) is 0 Å². The Bertz CT molecular complexity index is 407. The van der Waals surface area contributed by atoms with Crippen LogP contribution < -0.4 is 0 Å². The van der Waals surface area contributed by atoms with Crippen LogP contribution in [0.1, 0.15) is 27.2 Å². The molecule has 1 fully saturated rings. The van der Waals surface area contributed by atoms with E-state index in [1.54, 1.807) is 4.68 Å². The summed E-state index contributed by atoms with van der Waals surface area (Å²) in [5.41, 5.74) is 0. The SMILES string of the molecule is CC(C)Cn1nnnc1S[C@@H]1C[C@@H](C)OC1=O. The van der Waals surface area contributed by atoms with E-state index in [0.29, 0.717) is 11.1 Å². The topological polar surface area (TPSA) is 69.9 Å². The van der Waals surface area contributed by atoms with Crippen molar-refractivity contribution in [2.45, 2.75) is 50.2 Å². The van der Waals surface area contributed by atoms with E-state index < -0.39 is 0 Å². The fraction of sp³-hybridized carbons (Fsp3) is 0.800. The molecule has 2 heterocycles. The maximum Gasteiger partial charge on any atom is 0.319 e. The van der Waals surface area contributed by atoms with Gasteiger partial charge in [-0.3, -0.25) is 4.79 Å². The van der Waals surface area contributed by atoms with Crippen molar-refractivity contribution in [3.05, 3.63) is 0 Å². The highest BCUT2D eigenvalue weighted by Gasteiger charge is 2.34. The summed E-state index contributed by atoms with van der Waals surface area (Å²) in [4.78, 5) is 11.5. The van der Waals surface area contributed by atoms with Crippen molar-refractivity contribution in [3.63, 3.8) is 0 Å². The van der Waals surface area contributed by atoms with Crippen molar-refractivity contribution in [3.8, 4) is 0 Å². The van der Waals surface area contributed by atoms with Gasteiger partial charge in [0, 0.05) is 13.0 Å². The van der Waals surface area contributed by atoms with Crippen LogP contribution >= 0.6 is 11.8 Å². The molecule has 0 radical (unpaired) electrons. The van der Waals surface area contributed by atoms with Crippen LogP contribution in [0.25, 0.3) is 0 Å². The van der Waals surface area contributed by atoms with Gasteiger partial charge in [0.2, 0.25) is 5.16 Å². The van der Waals surface area contributed by atoms with Crippen molar-refractivity contribution in [2.24, 2.45) is 5.92 Å². The molecule has 7 heteroatoms. The molecule has 1 aromatic rings. The highest BCUT2D eigenvalue weighted by molar-refractivity contribution is 8.00. The number of ether oxygens (including phenoxy) is 1. The second kappa shape index (κ2) is 5.03. The Kier molecular flexibility index (Phi) is 3.66. The molecule has 17 heavy (non-hydrogen) atoms. The van der Waals surface area contributed by atoms with E-state index in [1.807, 2.05) is 6.92 Å². The number of carbonyl (C=O) groups excluding carboxylic acids is 1. The first-order chi connectivity index (χ1) is 8.06. The van der Waals surface area contributed by atoms with Gasteiger partial charge in [0.25, 0.3) is 0 Å². The molecular formula is C10H16N4O2S. The van der Waals surface area contributed by atoms with Crippen molar-refractivity contribution < 1.29 is 9.53 Å². The number of tetrazole rings is 1. The second-order valence-corrected chi connectivity index (χ2v) is 5.80. The molecule has 2 rings (SSSR count). The molecule has 94 valence electrons. The number of cyclic esters (lactones) is 1. The van der Waals surface area contributed by atoms with Gasteiger partial charge in [0.1, 0.15) is 11.4 Å². The lowest BCUT2D eigenvalue weighted by molar-refractivity contribution is -0.140. The average molecular weight is 256 g/mol. The van der Waals surface area contributed by atoms with E-state index in [4.69, 9.17) is 4.74 Å². The van der Waals surface area contributed by atoms with Crippen LogP contribution in [-0.4, -0.2) is 37.5 Å². The minimum atomic E-state index is -0.179. The van der Waals surface area contributed by atoms with E-state index in [2.05, 4.69) is 29.4 Å². The quantitative estimate of drug-likeness (QED) is 0.752. The van der Waals surface area contributed by atoms with Crippen molar-refractivity contribution in [1.82, 2.24) is 20.2 Å². The summed E-state index contributed by atoms with van der Waals surface area (Å²) in [7, 11) is 0. The standard InChI is InChI=1S/C10H16N4O2S/c1-6(2)5-14-10(11-12-13-14)17-8-4-7(3)16-9(8)15/h6-8H,4-5H2,1-3H3/t7-,8-/m1/s1. The Morgan fingerprint density at radius 1 is 1.59 bits per heavy atom. The number of rotatable bonds is 4. The lowest BCUT2D eigenvalue weighted by atomic mass is 10.2. The van der Waals surface area contributed by atoms with Gasteiger partial charge in [-0.1, -0.05) is 25.6 Å². The molecule has 0 spiro atoms. The minimum Gasteiger partial charge on any atom is -0.462 e. The van der Waals surface area contributed by atoms with Gasteiger partial charge in [-0.15, -0.1) is 5.10 Å². The Balaban J connectivity index is 2.03. The first kappa shape index (κ1) is 12.3. The maximum atomic E-state index is 11.5. The summed E-state index contributed by atoms with van der Waals surface area (Å²) in [6.45, 7) is 6.85. The Hall–Kier alpha value is -1.11. The molecule has 0 unspecified atom stereocenters. The Morgan fingerprint density at radius 3 is 2.94 bits per heavy atom. The molecule has 1 aliphatic heterocycles. The second-order valence-electron chi connectivity index (χ2n) is 4.63. The van der Waals surface area contributed by atoms with E-state index in [0.717, 1.165) is 13.0 Å². The molecule has 0 amide bonds. The van der Waals surface area contributed by atoms with Gasteiger partial charge in [0.15, 0.2) is 0 Å². The molecule has 1 saturated heterocycles. The van der Waals surface area contributed by atoms with Gasteiger partial charge in [0.05, 0.1) is 0 Å². The summed E-state index contributed by atoms with van der Waals surface area (Å²) < 4.78 is 6.85. The van der Waals surface area contributed by atoms with E-state index in [9.17, 15) is 4.79 Å². The van der Waals surface area contributed by atoms with Gasteiger partial charge < -0.3 is 4.74 Å². The number of esters is 1. The summed E-state index contributed by atoms with van der Waals surface area (Å²) in [5, 5.41) is 12.0. The molecule has 1 aromatic heterocycles. The third-order valence-electron chi connectivity index (χ3n) is 2.41. The van der Waals surface area contributed by atoms with Crippen LogP contribution in [0.2, 0.25) is 0 Å². The molecule has 0 saturated carbocycles. The normalized spacial score (nSPS) is 24.4. The summed E-state index contributed by atoms with van der Waals surface area (Å²) in [6.07, 6.45) is 0.715. The maximum absolute atomic E-state index is 11.5. The Morgan fingerprint density at radius 2 is 2.35 bits per heavy atom. The summed E-state index contributed by atoms with van der Waals surface area (Å²) in [5.74, 6) is 0.300. The highest BCUT2D eigenvalue weighted by Crippen LogP contribution is 2.30. The molecular weight excluding hydrogens is 240 g/mol. The van der Waals surface area contributed by atoms with Gasteiger partial charge in [-0.25, -0.2) is 4.68 Å². The van der Waals surface area contributed by atoms with Crippen LogP contribution in [0.3, 0.4) is 0 Å². The monoisotopic (exact) mass is 256 g/mol. The third-order valence-corrected chi connectivity index (χ3v) is 3.58. The third kappa shape index (κ3) is 2.96. The average Bonchev–Trinajstić information content (AvgIpc) is 2.75.